The second-order valence-corrected chi connectivity index (χ2v) is 4.56. The quantitative estimate of drug-likeness (QED) is 0.775. The zero-order valence-electron chi connectivity index (χ0n) is 8.86. The molecule has 0 aliphatic carbocycles. The maximum absolute atomic E-state index is 8.67. The lowest BCUT2D eigenvalue weighted by atomic mass is 10.2. The molecule has 2 N–H and O–H groups in total. The van der Waals surface area contributed by atoms with Gasteiger partial charge in [-0.25, -0.2) is 0 Å². The summed E-state index contributed by atoms with van der Waals surface area (Å²) in [6, 6.07) is 4.44. The highest BCUT2D eigenvalue weighted by molar-refractivity contribution is 7.10. The molecule has 0 fully saturated rings. The minimum atomic E-state index is 0.254. The highest BCUT2D eigenvalue weighted by Crippen LogP contribution is 2.13. The van der Waals surface area contributed by atoms with Crippen LogP contribution in [0, 0.1) is 11.3 Å². The van der Waals surface area contributed by atoms with Crippen LogP contribution in [0.25, 0.3) is 0 Å². The van der Waals surface area contributed by atoms with Gasteiger partial charge < -0.3 is 10.4 Å². The van der Waals surface area contributed by atoms with Crippen LogP contribution in [0.3, 0.4) is 0 Å². The highest BCUT2D eigenvalue weighted by Gasteiger charge is 2.03. The molecule has 1 rings (SSSR count). The predicted octanol–water partition coefficient (Wildman–Crippen LogP) is 1.87. The maximum atomic E-state index is 8.67. The monoisotopic (exact) mass is 224 g/mol. The Bertz CT molecular complexity index is 330. The minimum Gasteiger partial charge on any atom is -0.396 e. The molecule has 4 heteroatoms. The number of aliphatic hydroxyl groups is 1. The summed E-state index contributed by atoms with van der Waals surface area (Å²) < 4.78 is 0. The van der Waals surface area contributed by atoms with Crippen molar-refractivity contribution in [3.05, 3.63) is 21.9 Å². The van der Waals surface area contributed by atoms with E-state index in [1.54, 1.807) is 11.3 Å². The predicted molar refractivity (Wildman–Crippen MR) is 61.7 cm³/mol. The number of hydrogen-bond donors (Lipinski definition) is 2. The maximum Gasteiger partial charge on any atom is 0.100 e. The zero-order valence-corrected chi connectivity index (χ0v) is 9.68. The van der Waals surface area contributed by atoms with Gasteiger partial charge in [0.1, 0.15) is 6.07 Å². The summed E-state index contributed by atoms with van der Waals surface area (Å²) in [6.07, 6.45) is 1.81. The summed E-state index contributed by atoms with van der Waals surface area (Å²) in [5.41, 5.74) is 0.736. The molecule has 0 saturated heterocycles. The third-order valence-electron chi connectivity index (χ3n) is 2.20. The van der Waals surface area contributed by atoms with Gasteiger partial charge in [-0.05, 0) is 25.8 Å². The van der Waals surface area contributed by atoms with Gasteiger partial charge in [0.05, 0.1) is 5.56 Å². The van der Waals surface area contributed by atoms with E-state index in [2.05, 4.69) is 18.3 Å². The highest BCUT2D eigenvalue weighted by atomic mass is 32.1. The van der Waals surface area contributed by atoms with Crippen molar-refractivity contribution >= 4 is 11.3 Å². The molecular weight excluding hydrogens is 208 g/mol. The van der Waals surface area contributed by atoms with E-state index in [4.69, 9.17) is 10.4 Å². The van der Waals surface area contributed by atoms with E-state index in [0.29, 0.717) is 6.04 Å². The Labute approximate surface area is 94.4 Å². The second-order valence-electron chi connectivity index (χ2n) is 3.56. The van der Waals surface area contributed by atoms with Gasteiger partial charge in [0.2, 0.25) is 0 Å². The Morgan fingerprint density at radius 3 is 3.07 bits per heavy atom. The lowest BCUT2D eigenvalue weighted by Crippen LogP contribution is -2.25. The van der Waals surface area contributed by atoms with Crippen molar-refractivity contribution in [1.29, 1.82) is 5.26 Å². The summed E-state index contributed by atoms with van der Waals surface area (Å²) in [5.74, 6) is 0. The van der Waals surface area contributed by atoms with Crippen molar-refractivity contribution in [3.63, 3.8) is 0 Å². The van der Waals surface area contributed by atoms with Crippen LogP contribution in [0.4, 0.5) is 0 Å². The molecule has 1 aromatic rings. The van der Waals surface area contributed by atoms with Crippen LogP contribution < -0.4 is 5.32 Å². The van der Waals surface area contributed by atoms with Crippen molar-refractivity contribution in [2.45, 2.75) is 32.4 Å². The average Bonchev–Trinajstić information content (AvgIpc) is 2.71. The first kappa shape index (κ1) is 12.2. The second kappa shape index (κ2) is 6.57. The molecule has 1 atom stereocenters. The smallest absolute Gasteiger partial charge is 0.100 e. The fourth-order valence-corrected chi connectivity index (χ4v) is 2.07. The van der Waals surface area contributed by atoms with Crippen LogP contribution in [0.1, 0.15) is 30.2 Å². The fraction of sp³-hybridized carbons (Fsp3) is 0.545. The first-order valence-corrected chi connectivity index (χ1v) is 5.96. The molecule has 15 heavy (non-hydrogen) atoms. The van der Waals surface area contributed by atoms with Gasteiger partial charge in [0.25, 0.3) is 0 Å². The summed E-state index contributed by atoms with van der Waals surface area (Å²) in [4.78, 5) is 1.18. The SMILES string of the molecule is CC(CCCO)NCc1cc(C#N)cs1. The topological polar surface area (TPSA) is 56.0 Å². The summed E-state index contributed by atoms with van der Waals surface area (Å²) in [5, 5.41) is 22.6. The summed E-state index contributed by atoms with van der Waals surface area (Å²) in [7, 11) is 0. The van der Waals surface area contributed by atoms with Crippen molar-refractivity contribution in [1.82, 2.24) is 5.32 Å². The molecular formula is C11H16N2OS. The first-order valence-electron chi connectivity index (χ1n) is 5.08. The normalized spacial score (nSPS) is 12.3. The van der Waals surface area contributed by atoms with Crippen molar-refractivity contribution in [2.24, 2.45) is 0 Å². The van der Waals surface area contributed by atoms with Crippen LogP contribution in [-0.2, 0) is 6.54 Å². The molecule has 0 aliphatic heterocycles. The molecule has 3 nitrogen and oxygen atoms in total. The van der Waals surface area contributed by atoms with E-state index >= 15 is 0 Å². The number of nitriles is 1. The lowest BCUT2D eigenvalue weighted by Gasteiger charge is -2.11. The van der Waals surface area contributed by atoms with Gasteiger partial charge in [0, 0.05) is 29.5 Å². The molecule has 0 amide bonds. The van der Waals surface area contributed by atoms with Crippen LogP contribution in [0.5, 0.6) is 0 Å². The Morgan fingerprint density at radius 1 is 1.67 bits per heavy atom. The van der Waals surface area contributed by atoms with Gasteiger partial charge in [-0.3, -0.25) is 0 Å². The third-order valence-corrected chi connectivity index (χ3v) is 3.14. The molecule has 0 aliphatic rings. The number of nitrogens with zero attached hydrogens (tertiary/aromatic N) is 1. The van der Waals surface area contributed by atoms with Crippen molar-refractivity contribution < 1.29 is 5.11 Å². The number of hydrogen-bond acceptors (Lipinski definition) is 4. The third kappa shape index (κ3) is 4.43. The average molecular weight is 224 g/mol. The molecule has 0 spiro atoms. The number of rotatable bonds is 6. The Kier molecular flexibility index (Phi) is 5.33. The molecule has 1 heterocycles. The fourth-order valence-electron chi connectivity index (χ4n) is 1.31. The van der Waals surface area contributed by atoms with Crippen LogP contribution in [-0.4, -0.2) is 17.8 Å². The number of nitrogens with one attached hydrogen (secondary N) is 1. The lowest BCUT2D eigenvalue weighted by molar-refractivity contribution is 0.276. The van der Waals surface area contributed by atoms with Crippen LogP contribution >= 0.6 is 11.3 Å². The molecule has 0 radical (unpaired) electrons. The molecule has 82 valence electrons. The molecule has 0 aromatic carbocycles. The van der Waals surface area contributed by atoms with E-state index in [1.165, 1.54) is 4.88 Å². The van der Waals surface area contributed by atoms with Gasteiger partial charge >= 0.3 is 0 Å². The number of thiophene rings is 1. The van der Waals surface area contributed by atoms with Crippen LogP contribution in [0.2, 0.25) is 0 Å². The van der Waals surface area contributed by atoms with E-state index in [0.717, 1.165) is 24.9 Å². The summed E-state index contributed by atoms with van der Waals surface area (Å²) >= 11 is 1.61. The van der Waals surface area contributed by atoms with Crippen LogP contribution in [0.15, 0.2) is 11.4 Å². The summed E-state index contributed by atoms with van der Waals surface area (Å²) in [6.45, 7) is 3.16. The Morgan fingerprint density at radius 2 is 2.47 bits per heavy atom. The van der Waals surface area contributed by atoms with E-state index in [1.807, 2.05) is 11.4 Å². The largest absolute Gasteiger partial charge is 0.396 e. The molecule has 0 saturated carbocycles. The van der Waals surface area contributed by atoms with E-state index in [-0.39, 0.29) is 6.61 Å². The van der Waals surface area contributed by atoms with Gasteiger partial charge in [-0.15, -0.1) is 11.3 Å². The first-order chi connectivity index (χ1) is 7.26. The molecule has 0 bridgehead atoms. The van der Waals surface area contributed by atoms with E-state index in [9.17, 15) is 0 Å². The van der Waals surface area contributed by atoms with Gasteiger partial charge in [0.15, 0.2) is 0 Å². The van der Waals surface area contributed by atoms with Gasteiger partial charge in [-0.1, -0.05) is 0 Å². The zero-order chi connectivity index (χ0) is 11.1. The standard InChI is InChI=1S/C11H16N2OS/c1-9(3-2-4-14)13-7-11-5-10(6-12)8-15-11/h5,8-9,13-14H,2-4,7H2,1H3. The Hall–Kier alpha value is -0.890. The van der Waals surface area contributed by atoms with Crippen molar-refractivity contribution in [3.8, 4) is 6.07 Å². The molecule has 1 unspecified atom stereocenters. The number of aliphatic hydroxyl groups excluding tert-OH is 1. The molecule has 1 aromatic heterocycles. The van der Waals surface area contributed by atoms with E-state index < -0.39 is 0 Å². The Balaban J connectivity index is 2.27. The van der Waals surface area contributed by atoms with Crippen molar-refractivity contribution in [2.75, 3.05) is 6.61 Å². The minimum absolute atomic E-state index is 0.254. The van der Waals surface area contributed by atoms with Gasteiger partial charge in [-0.2, -0.15) is 5.26 Å².